The lowest BCUT2D eigenvalue weighted by molar-refractivity contribution is 0.966. The second-order valence-electron chi connectivity index (χ2n) is 5.80. The third kappa shape index (κ3) is 3.49. The fourth-order valence-electron chi connectivity index (χ4n) is 2.51. The number of thioether (sulfide) groups is 1. The summed E-state index contributed by atoms with van der Waals surface area (Å²) in [5, 5.41) is 8.74. The lowest BCUT2D eigenvalue weighted by Crippen LogP contribution is -2.11. The van der Waals surface area contributed by atoms with Crippen LogP contribution in [-0.4, -0.2) is 25.1 Å². The second-order valence-corrected chi connectivity index (χ2v) is 7.17. The number of hydrogen-bond acceptors (Lipinski definition) is 5. The predicted molar refractivity (Wildman–Crippen MR) is 103 cm³/mol. The maximum Gasteiger partial charge on any atom is 0.258 e. The van der Waals surface area contributed by atoms with E-state index in [1.165, 1.54) is 17.3 Å². The third-order valence-electron chi connectivity index (χ3n) is 3.84. The molecule has 2 heterocycles. The van der Waals surface area contributed by atoms with Crippen LogP contribution in [-0.2, 0) is 5.75 Å². The zero-order valence-corrected chi connectivity index (χ0v) is 15.4. The first kappa shape index (κ1) is 16.8. The van der Waals surface area contributed by atoms with E-state index in [2.05, 4.69) is 25.1 Å². The van der Waals surface area contributed by atoms with E-state index >= 15 is 0 Å². The number of aryl methyl sites for hydroxylation is 1. The van der Waals surface area contributed by atoms with Crippen molar-refractivity contribution in [1.29, 1.82) is 0 Å². The molecule has 2 aromatic carbocycles. The van der Waals surface area contributed by atoms with Crippen LogP contribution in [0.25, 0.3) is 22.3 Å². The van der Waals surface area contributed by atoms with Gasteiger partial charge >= 0.3 is 0 Å². The molecule has 6 nitrogen and oxygen atoms in total. The van der Waals surface area contributed by atoms with E-state index in [1.54, 1.807) is 18.2 Å². The molecule has 4 rings (SSSR count). The summed E-state index contributed by atoms with van der Waals surface area (Å²) in [4.78, 5) is 23.9. The summed E-state index contributed by atoms with van der Waals surface area (Å²) < 4.78 is 0. The predicted octanol–water partition coefficient (Wildman–Crippen LogP) is 3.96. The monoisotopic (exact) mass is 383 g/mol. The minimum Gasteiger partial charge on any atom is -0.309 e. The van der Waals surface area contributed by atoms with Crippen molar-refractivity contribution >= 4 is 34.3 Å². The topological polar surface area (TPSA) is 87.3 Å². The Morgan fingerprint density at radius 3 is 2.73 bits per heavy atom. The van der Waals surface area contributed by atoms with E-state index in [0.29, 0.717) is 38.5 Å². The van der Waals surface area contributed by atoms with Crippen LogP contribution in [0.1, 0.15) is 11.4 Å². The zero-order chi connectivity index (χ0) is 18.1. The van der Waals surface area contributed by atoms with Gasteiger partial charge in [-0.1, -0.05) is 53.2 Å². The van der Waals surface area contributed by atoms with E-state index in [1.807, 2.05) is 31.2 Å². The summed E-state index contributed by atoms with van der Waals surface area (Å²) in [6.07, 6.45) is 0. The number of hydrogen-bond donors (Lipinski definition) is 2. The first-order valence-electron chi connectivity index (χ1n) is 7.89. The number of rotatable bonds is 4. The maximum atomic E-state index is 12.2. The van der Waals surface area contributed by atoms with Gasteiger partial charge in [-0.05, 0) is 25.1 Å². The van der Waals surface area contributed by atoms with E-state index in [0.717, 1.165) is 5.56 Å². The molecular formula is C18H14ClN5OS. The van der Waals surface area contributed by atoms with Gasteiger partial charge in [0.15, 0.2) is 5.82 Å². The lowest BCUT2D eigenvalue weighted by Gasteiger charge is -2.02. The van der Waals surface area contributed by atoms with Gasteiger partial charge in [0, 0.05) is 10.6 Å². The van der Waals surface area contributed by atoms with Gasteiger partial charge in [-0.3, -0.25) is 9.89 Å². The average Bonchev–Trinajstić information content (AvgIpc) is 3.10. The molecule has 4 aromatic rings. The van der Waals surface area contributed by atoms with Gasteiger partial charge in [0.2, 0.25) is 5.16 Å². The Hall–Kier alpha value is -2.64. The summed E-state index contributed by atoms with van der Waals surface area (Å²) in [5.74, 6) is 1.73. The van der Waals surface area contributed by atoms with Crippen molar-refractivity contribution in [2.45, 2.75) is 17.8 Å². The van der Waals surface area contributed by atoms with Crippen molar-refractivity contribution in [2.75, 3.05) is 0 Å². The Morgan fingerprint density at radius 1 is 1.12 bits per heavy atom. The summed E-state index contributed by atoms with van der Waals surface area (Å²) in [6.45, 7) is 2.04. The number of nitrogens with zero attached hydrogens (tertiary/aromatic N) is 3. The standard InChI is InChI=1S/C18H14ClN5OS/c1-10-2-4-11(5-3-10)16-22-18(24-23-16)26-9-15-20-14-7-6-12(19)8-13(14)17(25)21-15/h2-8H,9H2,1H3,(H,20,21,25)(H,22,23,24). The molecule has 0 spiro atoms. The molecule has 0 saturated heterocycles. The number of benzene rings is 2. The molecule has 2 N–H and O–H groups in total. The minimum atomic E-state index is -0.205. The molecule has 0 aliphatic heterocycles. The van der Waals surface area contributed by atoms with E-state index in [-0.39, 0.29) is 5.56 Å². The first-order chi connectivity index (χ1) is 12.6. The molecule has 0 amide bonds. The normalized spacial score (nSPS) is 11.2. The molecule has 0 unspecified atom stereocenters. The molecule has 8 heteroatoms. The highest BCUT2D eigenvalue weighted by Gasteiger charge is 2.09. The smallest absolute Gasteiger partial charge is 0.258 e. The highest BCUT2D eigenvalue weighted by Crippen LogP contribution is 2.22. The van der Waals surface area contributed by atoms with Crippen LogP contribution in [0.5, 0.6) is 0 Å². The molecule has 0 aliphatic carbocycles. The highest BCUT2D eigenvalue weighted by atomic mass is 35.5. The Labute approximate surface area is 158 Å². The van der Waals surface area contributed by atoms with Crippen LogP contribution in [0.2, 0.25) is 5.02 Å². The van der Waals surface area contributed by atoms with E-state index < -0.39 is 0 Å². The summed E-state index contributed by atoms with van der Waals surface area (Å²) in [7, 11) is 0. The Bertz CT molecular complexity index is 1140. The van der Waals surface area contributed by atoms with Crippen LogP contribution in [0.3, 0.4) is 0 Å². The maximum absolute atomic E-state index is 12.2. The Kier molecular flexibility index (Phi) is 4.48. The van der Waals surface area contributed by atoms with Gasteiger partial charge in [-0.15, -0.1) is 5.10 Å². The fourth-order valence-corrected chi connectivity index (χ4v) is 3.35. The van der Waals surface area contributed by atoms with E-state index in [9.17, 15) is 4.79 Å². The Morgan fingerprint density at radius 2 is 1.92 bits per heavy atom. The SMILES string of the molecule is Cc1ccc(-c2nc(SCc3nc4ccc(Cl)cc4c(=O)[nH]3)n[nH]2)cc1. The zero-order valence-electron chi connectivity index (χ0n) is 13.8. The summed E-state index contributed by atoms with van der Waals surface area (Å²) in [5.41, 5.74) is 2.58. The van der Waals surface area contributed by atoms with Gasteiger partial charge in [0.1, 0.15) is 5.82 Å². The number of aromatic amines is 2. The van der Waals surface area contributed by atoms with Gasteiger partial charge in [0.05, 0.1) is 16.7 Å². The van der Waals surface area contributed by atoms with Crippen molar-refractivity contribution in [3.05, 3.63) is 69.2 Å². The quantitative estimate of drug-likeness (QED) is 0.521. The minimum absolute atomic E-state index is 0.205. The average molecular weight is 384 g/mol. The fraction of sp³-hybridized carbons (Fsp3) is 0.111. The summed E-state index contributed by atoms with van der Waals surface area (Å²) >= 11 is 7.33. The molecule has 0 fully saturated rings. The Balaban J connectivity index is 1.52. The van der Waals surface area contributed by atoms with Crippen LogP contribution in [0.15, 0.2) is 52.4 Å². The first-order valence-corrected chi connectivity index (χ1v) is 9.25. The second kappa shape index (κ2) is 6.93. The molecular weight excluding hydrogens is 370 g/mol. The van der Waals surface area contributed by atoms with Crippen molar-refractivity contribution in [1.82, 2.24) is 25.1 Å². The lowest BCUT2D eigenvalue weighted by atomic mass is 10.1. The van der Waals surface area contributed by atoms with E-state index in [4.69, 9.17) is 11.6 Å². The van der Waals surface area contributed by atoms with Crippen molar-refractivity contribution in [3.63, 3.8) is 0 Å². The summed E-state index contributed by atoms with van der Waals surface area (Å²) in [6, 6.07) is 13.1. The number of H-pyrrole nitrogens is 2. The number of aromatic nitrogens is 5. The molecule has 0 aliphatic rings. The number of halogens is 1. The van der Waals surface area contributed by atoms with Crippen molar-refractivity contribution in [3.8, 4) is 11.4 Å². The van der Waals surface area contributed by atoms with Gasteiger partial charge in [-0.25, -0.2) is 9.97 Å². The molecule has 2 aromatic heterocycles. The molecule has 0 atom stereocenters. The molecule has 0 bridgehead atoms. The molecule has 0 radical (unpaired) electrons. The van der Waals surface area contributed by atoms with Crippen molar-refractivity contribution < 1.29 is 0 Å². The van der Waals surface area contributed by atoms with Crippen LogP contribution >= 0.6 is 23.4 Å². The van der Waals surface area contributed by atoms with Crippen LogP contribution in [0.4, 0.5) is 0 Å². The number of nitrogens with one attached hydrogen (secondary N) is 2. The van der Waals surface area contributed by atoms with Gasteiger partial charge < -0.3 is 4.98 Å². The molecule has 26 heavy (non-hydrogen) atoms. The molecule has 130 valence electrons. The third-order valence-corrected chi connectivity index (χ3v) is 4.94. The van der Waals surface area contributed by atoms with Crippen LogP contribution < -0.4 is 5.56 Å². The number of fused-ring (bicyclic) bond motifs is 1. The van der Waals surface area contributed by atoms with Crippen molar-refractivity contribution in [2.24, 2.45) is 0 Å². The van der Waals surface area contributed by atoms with Gasteiger partial charge in [0.25, 0.3) is 5.56 Å². The largest absolute Gasteiger partial charge is 0.309 e. The van der Waals surface area contributed by atoms with Crippen LogP contribution in [0, 0.1) is 6.92 Å². The highest BCUT2D eigenvalue weighted by molar-refractivity contribution is 7.98. The van der Waals surface area contributed by atoms with Gasteiger partial charge in [-0.2, -0.15) is 0 Å². The molecule has 0 saturated carbocycles.